The lowest BCUT2D eigenvalue weighted by Crippen LogP contribution is -2.48. The largest absolute Gasteiger partial charge is 0.337 e. The summed E-state index contributed by atoms with van der Waals surface area (Å²) < 4.78 is 13.3. The highest BCUT2D eigenvalue weighted by molar-refractivity contribution is 5.87. The first kappa shape index (κ1) is 15.5. The van der Waals surface area contributed by atoms with Gasteiger partial charge in [0, 0.05) is 18.0 Å². The highest BCUT2D eigenvalue weighted by atomic mass is 19.1. The van der Waals surface area contributed by atoms with Gasteiger partial charge in [0.2, 0.25) is 5.91 Å². The van der Waals surface area contributed by atoms with Crippen LogP contribution in [0.3, 0.4) is 0 Å². The zero-order chi connectivity index (χ0) is 16.0. The summed E-state index contributed by atoms with van der Waals surface area (Å²) in [6.07, 6.45) is 1.72. The summed E-state index contributed by atoms with van der Waals surface area (Å²) in [4.78, 5) is 15.2. The van der Waals surface area contributed by atoms with E-state index in [0.717, 1.165) is 38.0 Å². The zero-order valence-corrected chi connectivity index (χ0v) is 13.7. The van der Waals surface area contributed by atoms with Gasteiger partial charge < -0.3 is 10.2 Å². The lowest BCUT2D eigenvalue weighted by Gasteiger charge is -2.38. The molecule has 2 saturated heterocycles. The number of carbonyl (C=O) groups excluding carboxylic acids is 1. The Labute approximate surface area is 131 Å². The van der Waals surface area contributed by atoms with Crippen molar-refractivity contribution < 1.29 is 9.18 Å². The van der Waals surface area contributed by atoms with E-state index in [1.165, 1.54) is 12.1 Å². The Morgan fingerprint density at radius 2 is 1.77 bits per heavy atom. The minimum absolute atomic E-state index is 0.155. The number of nitrogens with one attached hydrogen (secondary N) is 1. The maximum Gasteiger partial charge on any atom is 0.230 e. The van der Waals surface area contributed by atoms with Gasteiger partial charge in [-0.1, -0.05) is 12.1 Å². The molecule has 2 aliphatic rings. The van der Waals surface area contributed by atoms with E-state index >= 15 is 0 Å². The fraction of sp³-hybridized carbons (Fsp3) is 0.611. The molecule has 0 saturated carbocycles. The van der Waals surface area contributed by atoms with Crippen LogP contribution in [0.1, 0.15) is 45.1 Å². The third-order valence-corrected chi connectivity index (χ3v) is 5.28. The maximum absolute atomic E-state index is 13.3. The molecule has 3 rings (SSSR count). The number of halogens is 1. The average molecular weight is 304 g/mol. The molecule has 1 atom stereocenters. The van der Waals surface area contributed by atoms with E-state index in [0.29, 0.717) is 0 Å². The molecule has 22 heavy (non-hydrogen) atoms. The smallest absolute Gasteiger partial charge is 0.230 e. The van der Waals surface area contributed by atoms with Crippen LogP contribution in [0.5, 0.6) is 0 Å². The third kappa shape index (κ3) is 2.43. The fourth-order valence-corrected chi connectivity index (χ4v) is 3.99. The third-order valence-electron chi connectivity index (χ3n) is 5.28. The van der Waals surface area contributed by atoms with Crippen LogP contribution in [0.2, 0.25) is 0 Å². The molecule has 0 bridgehead atoms. The first-order chi connectivity index (χ1) is 10.3. The van der Waals surface area contributed by atoms with Gasteiger partial charge in [0.25, 0.3) is 0 Å². The normalized spacial score (nSPS) is 25.0. The number of rotatable bonds is 1. The van der Waals surface area contributed by atoms with Crippen LogP contribution in [0.4, 0.5) is 4.39 Å². The number of likely N-dealkylation sites (tertiary alicyclic amines) is 1. The molecule has 0 aromatic heterocycles. The van der Waals surface area contributed by atoms with Crippen LogP contribution in [0.25, 0.3) is 0 Å². The lowest BCUT2D eigenvalue weighted by molar-refractivity contribution is -0.141. The summed E-state index contributed by atoms with van der Waals surface area (Å²) in [5, 5.41) is 3.36. The Morgan fingerprint density at radius 3 is 2.32 bits per heavy atom. The summed E-state index contributed by atoms with van der Waals surface area (Å²) in [7, 11) is 0. The van der Waals surface area contributed by atoms with Crippen molar-refractivity contribution in [2.24, 2.45) is 5.41 Å². The number of carbonyl (C=O) groups is 1. The predicted molar refractivity (Wildman–Crippen MR) is 85.1 cm³/mol. The van der Waals surface area contributed by atoms with Gasteiger partial charge >= 0.3 is 0 Å². The highest BCUT2D eigenvalue weighted by Crippen LogP contribution is 2.51. The standard InChI is InChI=1S/C18H25FN2O/c1-17(2,3)21-12-15(13-4-6-14(19)7-5-13)18(16(21)22)8-10-20-11-9-18/h4-7,15,20H,8-12H2,1-3H3. The quantitative estimate of drug-likeness (QED) is 0.865. The SMILES string of the molecule is CC(C)(C)N1CC(c2ccc(F)cc2)C2(CCNCC2)C1=O. The topological polar surface area (TPSA) is 32.3 Å². The van der Waals surface area contributed by atoms with E-state index in [4.69, 9.17) is 0 Å². The molecule has 4 heteroatoms. The summed E-state index contributed by atoms with van der Waals surface area (Å²) in [5.74, 6) is 0.206. The van der Waals surface area contributed by atoms with E-state index < -0.39 is 0 Å². The van der Waals surface area contributed by atoms with E-state index in [1.807, 2.05) is 17.0 Å². The number of hydrogen-bond donors (Lipinski definition) is 1. The van der Waals surface area contributed by atoms with Gasteiger partial charge in [-0.2, -0.15) is 0 Å². The van der Waals surface area contributed by atoms with Gasteiger partial charge in [0.05, 0.1) is 5.41 Å². The summed E-state index contributed by atoms with van der Waals surface area (Å²) in [5.41, 5.74) is 0.587. The molecule has 3 nitrogen and oxygen atoms in total. The summed E-state index contributed by atoms with van der Waals surface area (Å²) >= 11 is 0. The van der Waals surface area contributed by atoms with Gasteiger partial charge in [-0.25, -0.2) is 4.39 Å². The number of piperidine rings is 1. The summed E-state index contributed by atoms with van der Waals surface area (Å²) in [6, 6.07) is 6.72. The van der Waals surface area contributed by atoms with Crippen molar-refractivity contribution in [3.63, 3.8) is 0 Å². The van der Waals surface area contributed by atoms with Crippen molar-refractivity contribution >= 4 is 5.91 Å². The molecule has 1 amide bonds. The Kier molecular flexibility index (Phi) is 3.76. The molecule has 1 aromatic rings. The monoisotopic (exact) mass is 304 g/mol. The molecular formula is C18H25FN2O. The number of hydrogen-bond acceptors (Lipinski definition) is 2. The predicted octanol–water partition coefficient (Wildman–Crippen LogP) is 2.92. The van der Waals surface area contributed by atoms with Crippen LogP contribution in [-0.2, 0) is 4.79 Å². The molecule has 1 N–H and O–H groups in total. The molecule has 2 heterocycles. The first-order valence-electron chi connectivity index (χ1n) is 8.13. The van der Waals surface area contributed by atoms with Crippen LogP contribution in [0, 0.1) is 11.2 Å². The molecule has 1 aromatic carbocycles. The number of nitrogens with zero attached hydrogens (tertiary/aromatic N) is 1. The first-order valence-corrected chi connectivity index (χ1v) is 8.13. The van der Waals surface area contributed by atoms with Crippen molar-refractivity contribution in [1.82, 2.24) is 10.2 Å². The van der Waals surface area contributed by atoms with Gasteiger partial charge in [-0.3, -0.25) is 4.79 Å². The van der Waals surface area contributed by atoms with E-state index in [-0.39, 0.29) is 28.6 Å². The van der Waals surface area contributed by atoms with Crippen LogP contribution in [-0.4, -0.2) is 36.0 Å². The van der Waals surface area contributed by atoms with Crippen molar-refractivity contribution in [3.8, 4) is 0 Å². The summed E-state index contributed by atoms with van der Waals surface area (Å²) in [6.45, 7) is 8.75. The molecule has 120 valence electrons. The van der Waals surface area contributed by atoms with Gasteiger partial charge in [0.1, 0.15) is 5.82 Å². The van der Waals surface area contributed by atoms with Gasteiger partial charge in [0.15, 0.2) is 0 Å². The number of amides is 1. The van der Waals surface area contributed by atoms with Gasteiger partial charge in [-0.05, 0) is 64.4 Å². The molecule has 1 spiro atoms. The lowest BCUT2D eigenvalue weighted by atomic mass is 9.68. The maximum atomic E-state index is 13.3. The van der Waals surface area contributed by atoms with E-state index in [1.54, 1.807) is 0 Å². The Hall–Kier alpha value is -1.42. The van der Waals surface area contributed by atoms with Crippen molar-refractivity contribution in [3.05, 3.63) is 35.6 Å². The van der Waals surface area contributed by atoms with Gasteiger partial charge in [-0.15, -0.1) is 0 Å². The highest BCUT2D eigenvalue weighted by Gasteiger charge is 2.56. The van der Waals surface area contributed by atoms with Crippen LogP contribution >= 0.6 is 0 Å². The molecule has 0 aliphatic carbocycles. The Balaban J connectivity index is 2.02. The molecular weight excluding hydrogens is 279 g/mol. The van der Waals surface area contributed by atoms with E-state index in [9.17, 15) is 9.18 Å². The number of benzene rings is 1. The van der Waals surface area contributed by atoms with Crippen LogP contribution in [0.15, 0.2) is 24.3 Å². The molecule has 2 aliphatic heterocycles. The molecule has 2 fully saturated rings. The van der Waals surface area contributed by atoms with Crippen molar-refractivity contribution in [2.45, 2.75) is 45.1 Å². The van der Waals surface area contributed by atoms with Crippen molar-refractivity contribution in [1.29, 1.82) is 0 Å². The minimum Gasteiger partial charge on any atom is -0.337 e. The minimum atomic E-state index is -0.323. The second-order valence-electron chi connectivity index (χ2n) is 7.60. The van der Waals surface area contributed by atoms with Crippen molar-refractivity contribution in [2.75, 3.05) is 19.6 Å². The second-order valence-corrected chi connectivity index (χ2v) is 7.60. The zero-order valence-electron chi connectivity index (χ0n) is 13.7. The van der Waals surface area contributed by atoms with E-state index in [2.05, 4.69) is 26.1 Å². The Morgan fingerprint density at radius 1 is 1.18 bits per heavy atom. The Bertz CT molecular complexity index is 555. The molecule has 1 unspecified atom stereocenters. The molecule has 0 radical (unpaired) electrons. The van der Waals surface area contributed by atoms with Crippen LogP contribution < -0.4 is 5.32 Å². The average Bonchev–Trinajstić information content (AvgIpc) is 2.74. The fourth-order valence-electron chi connectivity index (χ4n) is 3.99. The second kappa shape index (κ2) is 5.34.